The van der Waals surface area contributed by atoms with Crippen molar-refractivity contribution in [2.24, 2.45) is 0 Å². The highest BCUT2D eigenvalue weighted by Gasteiger charge is 2.35. The van der Waals surface area contributed by atoms with Gasteiger partial charge in [-0.15, -0.1) is 21.5 Å². The molecule has 28 heavy (non-hydrogen) atoms. The van der Waals surface area contributed by atoms with Gasteiger partial charge in [0.1, 0.15) is 9.77 Å². The van der Waals surface area contributed by atoms with Crippen LogP contribution in [0.2, 0.25) is 0 Å². The quantitative estimate of drug-likeness (QED) is 0.562. The molecule has 0 aromatic carbocycles. The zero-order chi connectivity index (χ0) is 19.7. The van der Waals surface area contributed by atoms with Gasteiger partial charge in [-0.3, -0.25) is 0 Å². The number of sulfonamides is 1. The van der Waals surface area contributed by atoms with Crippen LogP contribution in [0.15, 0.2) is 37.6 Å². The highest BCUT2D eigenvalue weighted by Crippen LogP contribution is 2.33. The van der Waals surface area contributed by atoms with Gasteiger partial charge in [-0.25, -0.2) is 13.2 Å². The molecule has 0 bridgehead atoms. The molecule has 1 fully saturated rings. The van der Waals surface area contributed by atoms with E-state index < -0.39 is 16.0 Å². The number of aromatic nitrogens is 2. The Bertz CT molecular complexity index is 1060. The molecule has 0 unspecified atom stereocenters. The Morgan fingerprint density at radius 1 is 1.25 bits per heavy atom. The van der Waals surface area contributed by atoms with Crippen molar-refractivity contribution in [3.8, 4) is 11.5 Å². The summed E-state index contributed by atoms with van der Waals surface area (Å²) in [4.78, 5) is 11.9. The SMILES string of the molecule is COC(=O)c1sccc1S(=O)(=O)N1CCC(c2nnc(-c3ccsc3)o2)CC1. The molecule has 148 valence electrons. The average molecular weight is 440 g/mol. The summed E-state index contributed by atoms with van der Waals surface area (Å²) in [6, 6.07) is 3.36. The lowest BCUT2D eigenvalue weighted by molar-refractivity contribution is 0.0602. The standard InChI is InChI=1S/C17H17N3O5S3/c1-24-17(21)14-13(5-9-27-14)28(22,23)20-6-2-11(3-7-20)15-18-19-16(25-15)12-4-8-26-10-12/h4-5,8-11H,2-3,6-7H2,1H3. The van der Waals surface area contributed by atoms with Gasteiger partial charge >= 0.3 is 5.97 Å². The number of esters is 1. The zero-order valence-electron chi connectivity index (χ0n) is 14.9. The molecule has 0 amide bonds. The van der Waals surface area contributed by atoms with Crippen LogP contribution in [0.1, 0.15) is 34.3 Å². The Morgan fingerprint density at radius 3 is 2.71 bits per heavy atom. The number of carbonyl (C=O) groups excluding carboxylic acids is 1. The molecule has 0 saturated carbocycles. The third-order valence-corrected chi connectivity index (χ3v) is 8.28. The first-order chi connectivity index (χ1) is 13.5. The summed E-state index contributed by atoms with van der Waals surface area (Å²) in [7, 11) is -2.53. The van der Waals surface area contributed by atoms with Crippen LogP contribution in [-0.4, -0.2) is 49.1 Å². The van der Waals surface area contributed by atoms with Crippen LogP contribution in [0.5, 0.6) is 0 Å². The molecule has 11 heteroatoms. The Kier molecular flexibility index (Phi) is 5.32. The maximum atomic E-state index is 13.0. The van der Waals surface area contributed by atoms with Gasteiger partial charge in [-0.1, -0.05) is 0 Å². The molecule has 8 nitrogen and oxygen atoms in total. The number of methoxy groups -OCH3 is 1. The normalized spacial score (nSPS) is 16.3. The molecule has 3 aromatic heterocycles. The van der Waals surface area contributed by atoms with Crippen molar-refractivity contribution in [3.05, 3.63) is 39.0 Å². The number of hydrogen-bond acceptors (Lipinski definition) is 9. The summed E-state index contributed by atoms with van der Waals surface area (Å²) in [6.07, 6.45) is 1.14. The third-order valence-electron chi connectivity index (χ3n) is 4.63. The summed E-state index contributed by atoms with van der Waals surface area (Å²) < 4.78 is 37.8. The molecule has 0 radical (unpaired) electrons. The predicted molar refractivity (Wildman–Crippen MR) is 104 cm³/mol. The van der Waals surface area contributed by atoms with Crippen molar-refractivity contribution < 1.29 is 22.4 Å². The van der Waals surface area contributed by atoms with E-state index in [0.29, 0.717) is 37.7 Å². The van der Waals surface area contributed by atoms with Crippen LogP contribution in [0.3, 0.4) is 0 Å². The van der Waals surface area contributed by atoms with Crippen LogP contribution >= 0.6 is 22.7 Å². The van der Waals surface area contributed by atoms with Gasteiger partial charge in [-0.2, -0.15) is 15.6 Å². The number of rotatable bonds is 5. The second-order valence-electron chi connectivity index (χ2n) is 6.24. The molecule has 0 N–H and O–H groups in total. The Morgan fingerprint density at radius 2 is 2.04 bits per heavy atom. The molecule has 1 aliphatic rings. The minimum atomic E-state index is -3.76. The van der Waals surface area contributed by atoms with Crippen molar-refractivity contribution in [1.29, 1.82) is 0 Å². The van der Waals surface area contributed by atoms with Crippen molar-refractivity contribution in [2.75, 3.05) is 20.2 Å². The Labute approximate surface area is 169 Å². The van der Waals surface area contributed by atoms with Gasteiger partial charge < -0.3 is 9.15 Å². The van der Waals surface area contributed by atoms with Gasteiger partial charge in [0.2, 0.25) is 21.8 Å². The second kappa shape index (κ2) is 7.74. The smallest absolute Gasteiger partial charge is 0.349 e. The fourth-order valence-corrected chi connectivity index (χ4v) is 6.53. The predicted octanol–water partition coefficient (Wildman–Crippen LogP) is 3.21. The summed E-state index contributed by atoms with van der Waals surface area (Å²) in [5.74, 6) is 0.375. The van der Waals surface area contributed by atoms with Crippen LogP contribution in [-0.2, 0) is 14.8 Å². The lowest BCUT2D eigenvalue weighted by Crippen LogP contribution is -2.38. The van der Waals surface area contributed by atoms with Crippen molar-refractivity contribution in [1.82, 2.24) is 14.5 Å². The molecule has 4 heterocycles. The molecule has 4 rings (SSSR count). The lowest BCUT2D eigenvalue weighted by Gasteiger charge is -2.29. The number of thiophene rings is 2. The van der Waals surface area contributed by atoms with E-state index in [1.54, 1.807) is 16.7 Å². The van der Waals surface area contributed by atoms with Gasteiger partial charge in [0.25, 0.3) is 0 Å². The van der Waals surface area contributed by atoms with Crippen LogP contribution < -0.4 is 0 Å². The lowest BCUT2D eigenvalue weighted by atomic mass is 9.98. The van der Waals surface area contributed by atoms with Crippen LogP contribution in [0, 0.1) is 0 Å². The van der Waals surface area contributed by atoms with Gasteiger partial charge in [0, 0.05) is 30.0 Å². The molecule has 0 aliphatic carbocycles. The Balaban J connectivity index is 1.47. The molecular weight excluding hydrogens is 422 g/mol. The number of carbonyl (C=O) groups is 1. The van der Waals surface area contributed by atoms with E-state index >= 15 is 0 Å². The maximum Gasteiger partial charge on any atom is 0.349 e. The number of ether oxygens (including phenoxy) is 1. The monoisotopic (exact) mass is 439 g/mol. The summed E-state index contributed by atoms with van der Waals surface area (Å²) >= 11 is 2.61. The molecular formula is C17H17N3O5S3. The maximum absolute atomic E-state index is 13.0. The van der Waals surface area contributed by atoms with Crippen molar-refractivity contribution in [2.45, 2.75) is 23.7 Å². The fourth-order valence-electron chi connectivity index (χ4n) is 3.13. The summed E-state index contributed by atoms with van der Waals surface area (Å²) in [5.41, 5.74) is 0.886. The van der Waals surface area contributed by atoms with E-state index in [9.17, 15) is 13.2 Å². The molecule has 0 spiro atoms. The van der Waals surface area contributed by atoms with Crippen molar-refractivity contribution >= 4 is 38.7 Å². The van der Waals surface area contributed by atoms with Gasteiger partial charge in [0.05, 0.1) is 7.11 Å². The topological polar surface area (TPSA) is 103 Å². The zero-order valence-corrected chi connectivity index (χ0v) is 17.3. The number of nitrogens with zero attached hydrogens (tertiary/aromatic N) is 3. The number of piperidine rings is 1. The van der Waals surface area contributed by atoms with Gasteiger partial charge in [-0.05, 0) is 35.7 Å². The molecule has 1 saturated heterocycles. The van der Waals surface area contributed by atoms with E-state index in [4.69, 9.17) is 4.42 Å². The molecule has 1 aliphatic heterocycles. The largest absolute Gasteiger partial charge is 0.465 e. The first kappa shape index (κ1) is 19.2. The average Bonchev–Trinajstić information content (AvgIpc) is 3.48. The van der Waals surface area contributed by atoms with Gasteiger partial charge in [0.15, 0.2) is 0 Å². The van der Waals surface area contributed by atoms with E-state index in [1.165, 1.54) is 17.5 Å². The fraction of sp³-hybridized carbons (Fsp3) is 0.353. The van der Waals surface area contributed by atoms with Crippen LogP contribution in [0.25, 0.3) is 11.5 Å². The minimum absolute atomic E-state index is 0.000310. The molecule has 3 aromatic rings. The minimum Gasteiger partial charge on any atom is -0.465 e. The second-order valence-corrected chi connectivity index (χ2v) is 9.84. The van der Waals surface area contributed by atoms with Crippen LogP contribution in [0.4, 0.5) is 0 Å². The first-order valence-corrected chi connectivity index (χ1v) is 11.8. The summed E-state index contributed by atoms with van der Waals surface area (Å²) in [6.45, 7) is 0.638. The van der Waals surface area contributed by atoms with E-state index in [1.807, 2.05) is 16.8 Å². The highest BCUT2D eigenvalue weighted by molar-refractivity contribution is 7.89. The third kappa shape index (κ3) is 3.50. The van der Waals surface area contributed by atoms with E-state index in [2.05, 4.69) is 14.9 Å². The first-order valence-electron chi connectivity index (χ1n) is 8.52. The van der Waals surface area contributed by atoms with E-state index in [0.717, 1.165) is 16.9 Å². The number of hydrogen-bond donors (Lipinski definition) is 0. The molecule has 0 atom stereocenters. The van der Waals surface area contributed by atoms with E-state index in [-0.39, 0.29) is 15.7 Å². The summed E-state index contributed by atoms with van der Waals surface area (Å²) in [5, 5.41) is 13.7. The Hall–Kier alpha value is -2.08. The highest BCUT2D eigenvalue weighted by atomic mass is 32.2. The van der Waals surface area contributed by atoms with Crippen molar-refractivity contribution in [3.63, 3.8) is 0 Å².